The molecule has 4 nitrogen and oxygen atoms in total. The average Bonchev–Trinajstić information content (AvgIpc) is 2.83. The first-order valence-electron chi connectivity index (χ1n) is 6.90. The molecule has 0 aliphatic heterocycles. The van der Waals surface area contributed by atoms with Crippen LogP contribution in [0.15, 0.2) is 34.6 Å². The molecule has 0 bridgehead atoms. The molecule has 0 saturated carbocycles. The van der Waals surface area contributed by atoms with Gasteiger partial charge in [-0.1, -0.05) is 0 Å². The topological polar surface area (TPSA) is 42.3 Å². The molecule has 0 aliphatic rings. The Morgan fingerprint density at radius 2 is 2.05 bits per heavy atom. The van der Waals surface area contributed by atoms with Crippen LogP contribution in [0.2, 0.25) is 0 Å². The Hall–Kier alpha value is -1.88. The zero-order valence-electron chi connectivity index (χ0n) is 12.8. The molecule has 0 saturated heterocycles. The van der Waals surface area contributed by atoms with Gasteiger partial charge in [0.2, 0.25) is 5.56 Å². The van der Waals surface area contributed by atoms with Crippen LogP contribution in [-0.4, -0.2) is 21.4 Å². The fourth-order valence-corrected chi connectivity index (χ4v) is 3.00. The molecule has 5 heteroatoms. The van der Waals surface area contributed by atoms with E-state index in [1.807, 2.05) is 24.1 Å². The van der Waals surface area contributed by atoms with Gasteiger partial charge < -0.3 is 9.47 Å². The van der Waals surface area contributed by atoms with E-state index < -0.39 is 0 Å². The lowest BCUT2D eigenvalue weighted by Crippen LogP contribution is -2.37. The molecule has 2 aromatic heterocycles. The van der Waals surface area contributed by atoms with Gasteiger partial charge in [0.1, 0.15) is 0 Å². The highest BCUT2D eigenvalue weighted by Crippen LogP contribution is 2.20. The number of nitrogens with zero attached hydrogens (tertiary/aromatic N) is 2. The lowest BCUT2D eigenvalue weighted by Gasteiger charge is -2.27. The van der Waals surface area contributed by atoms with Gasteiger partial charge in [-0.15, -0.1) is 11.3 Å². The van der Waals surface area contributed by atoms with Crippen molar-refractivity contribution in [3.8, 4) is 0 Å². The average molecular weight is 304 g/mol. The van der Waals surface area contributed by atoms with E-state index in [0.29, 0.717) is 12.1 Å². The number of pyridine rings is 1. The molecular weight excluding hydrogens is 284 g/mol. The van der Waals surface area contributed by atoms with Gasteiger partial charge in [0, 0.05) is 30.2 Å². The van der Waals surface area contributed by atoms with Crippen LogP contribution >= 0.6 is 11.3 Å². The van der Waals surface area contributed by atoms with Crippen molar-refractivity contribution in [2.24, 2.45) is 7.05 Å². The van der Waals surface area contributed by atoms with Crippen molar-refractivity contribution in [3.63, 3.8) is 0 Å². The largest absolute Gasteiger partial charge is 0.331 e. The summed E-state index contributed by atoms with van der Waals surface area (Å²) in [6, 6.07) is 5.19. The summed E-state index contributed by atoms with van der Waals surface area (Å²) in [6.45, 7) is 6.66. The molecule has 2 rings (SSSR count). The summed E-state index contributed by atoms with van der Waals surface area (Å²) in [5, 5.41) is 2.04. The monoisotopic (exact) mass is 304 g/mol. The first kappa shape index (κ1) is 15.5. The summed E-state index contributed by atoms with van der Waals surface area (Å²) < 4.78 is 1.43. The Balaban J connectivity index is 2.29. The van der Waals surface area contributed by atoms with E-state index in [9.17, 15) is 9.59 Å². The van der Waals surface area contributed by atoms with E-state index >= 15 is 0 Å². The van der Waals surface area contributed by atoms with Crippen LogP contribution in [0.3, 0.4) is 0 Å². The third-order valence-corrected chi connectivity index (χ3v) is 4.51. The summed E-state index contributed by atoms with van der Waals surface area (Å²) in [5.74, 6) is -0.0478. The van der Waals surface area contributed by atoms with Gasteiger partial charge in [-0.05, 0) is 43.8 Å². The van der Waals surface area contributed by atoms with Gasteiger partial charge in [-0.3, -0.25) is 9.59 Å². The SMILES string of the molecule is Cc1ccsc1CN(C(=O)c1ccc(=O)n(C)c1)C(C)C. The van der Waals surface area contributed by atoms with Gasteiger partial charge in [0.15, 0.2) is 0 Å². The predicted octanol–water partition coefficient (Wildman–Crippen LogP) is 2.81. The lowest BCUT2D eigenvalue weighted by atomic mass is 10.2. The molecule has 0 unspecified atom stereocenters. The van der Waals surface area contributed by atoms with Crippen LogP contribution in [0.5, 0.6) is 0 Å². The van der Waals surface area contributed by atoms with Crippen LogP contribution in [-0.2, 0) is 13.6 Å². The lowest BCUT2D eigenvalue weighted by molar-refractivity contribution is 0.0691. The van der Waals surface area contributed by atoms with Crippen molar-refractivity contribution in [1.29, 1.82) is 0 Å². The van der Waals surface area contributed by atoms with Crippen LogP contribution in [0.1, 0.15) is 34.6 Å². The van der Waals surface area contributed by atoms with Crippen LogP contribution in [0.25, 0.3) is 0 Å². The number of aromatic nitrogens is 1. The molecule has 1 amide bonds. The molecule has 0 atom stereocenters. The highest BCUT2D eigenvalue weighted by atomic mass is 32.1. The summed E-state index contributed by atoms with van der Waals surface area (Å²) in [7, 11) is 1.66. The fourth-order valence-electron chi connectivity index (χ4n) is 2.10. The smallest absolute Gasteiger partial charge is 0.255 e. The number of rotatable bonds is 4. The van der Waals surface area contributed by atoms with E-state index in [2.05, 4.69) is 13.0 Å². The molecule has 0 N–H and O–H groups in total. The molecule has 0 spiro atoms. The molecule has 21 heavy (non-hydrogen) atoms. The Morgan fingerprint density at radius 3 is 2.57 bits per heavy atom. The van der Waals surface area contributed by atoms with Crippen molar-refractivity contribution < 1.29 is 4.79 Å². The second-order valence-electron chi connectivity index (χ2n) is 5.42. The van der Waals surface area contributed by atoms with E-state index in [0.717, 1.165) is 0 Å². The van der Waals surface area contributed by atoms with Gasteiger partial charge in [0.05, 0.1) is 12.1 Å². The molecule has 0 aliphatic carbocycles. The van der Waals surface area contributed by atoms with Crippen molar-refractivity contribution in [2.75, 3.05) is 0 Å². The third-order valence-electron chi connectivity index (χ3n) is 3.50. The third kappa shape index (κ3) is 3.42. The molecule has 2 heterocycles. The first-order valence-corrected chi connectivity index (χ1v) is 7.78. The second kappa shape index (κ2) is 6.26. The van der Waals surface area contributed by atoms with Crippen molar-refractivity contribution in [3.05, 3.63) is 56.1 Å². The van der Waals surface area contributed by atoms with Gasteiger partial charge in [0.25, 0.3) is 5.91 Å². The van der Waals surface area contributed by atoms with Crippen LogP contribution in [0, 0.1) is 6.92 Å². The van der Waals surface area contributed by atoms with Gasteiger partial charge in [-0.2, -0.15) is 0 Å². The zero-order chi connectivity index (χ0) is 15.6. The number of carbonyl (C=O) groups is 1. The normalized spacial score (nSPS) is 10.9. The van der Waals surface area contributed by atoms with Crippen molar-refractivity contribution in [2.45, 2.75) is 33.4 Å². The minimum absolute atomic E-state index is 0.0478. The minimum atomic E-state index is -0.114. The Morgan fingerprint density at radius 1 is 1.33 bits per heavy atom. The second-order valence-corrected chi connectivity index (χ2v) is 6.42. The minimum Gasteiger partial charge on any atom is -0.331 e. The highest BCUT2D eigenvalue weighted by Gasteiger charge is 2.20. The maximum atomic E-state index is 12.7. The summed E-state index contributed by atoms with van der Waals surface area (Å²) in [4.78, 5) is 27.2. The Labute approximate surface area is 128 Å². The molecule has 0 aromatic carbocycles. The number of thiophene rings is 1. The molecule has 0 fully saturated rings. The number of aryl methyl sites for hydroxylation is 2. The maximum absolute atomic E-state index is 12.7. The standard InChI is InChI=1S/C16H20N2O2S/c1-11(2)18(10-14-12(3)7-8-21-14)16(20)13-5-6-15(19)17(4)9-13/h5-9,11H,10H2,1-4H3. The van der Waals surface area contributed by atoms with Gasteiger partial charge >= 0.3 is 0 Å². The van der Waals surface area contributed by atoms with Crippen LogP contribution in [0.4, 0.5) is 0 Å². The number of amides is 1. The van der Waals surface area contributed by atoms with E-state index in [4.69, 9.17) is 0 Å². The van der Waals surface area contributed by atoms with Crippen LogP contribution < -0.4 is 5.56 Å². The maximum Gasteiger partial charge on any atom is 0.255 e. The summed E-state index contributed by atoms with van der Waals surface area (Å²) in [5.41, 5.74) is 1.63. The van der Waals surface area contributed by atoms with E-state index in [1.165, 1.54) is 21.1 Å². The van der Waals surface area contributed by atoms with Crippen molar-refractivity contribution >= 4 is 17.2 Å². The Kier molecular flexibility index (Phi) is 4.63. The molecular formula is C16H20N2O2S. The molecule has 0 radical (unpaired) electrons. The summed E-state index contributed by atoms with van der Waals surface area (Å²) >= 11 is 1.66. The molecule has 2 aromatic rings. The van der Waals surface area contributed by atoms with Crippen molar-refractivity contribution in [1.82, 2.24) is 9.47 Å². The first-order chi connectivity index (χ1) is 9.90. The zero-order valence-corrected chi connectivity index (χ0v) is 13.6. The van der Waals surface area contributed by atoms with Gasteiger partial charge in [-0.25, -0.2) is 0 Å². The number of hydrogen-bond acceptors (Lipinski definition) is 3. The predicted molar refractivity (Wildman–Crippen MR) is 85.7 cm³/mol. The Bertz CT molecular complexity index is 700. The van der Waals surface area contributed by atoms with E-state index in [1.54, 1.807) is 30.6 Å². The van der Waals surface area contributed by atoms with E-state index in [-0.39, 0.29) is 17.5 Å². The quantitative estimate of drug-likeness (QED) is 0.871. The molecule has 112 valence electrons. The highest BCUT2D eigenvalue weighted by molar-refractivity contribution is 7.10. The number of hydrogen-bond donors (Lipinski definition) is 0. The number of carbonyl (C=O) groups excluding carboxylic acids is 1. The fraction of sp³-hybridized carbons (Fsp3) is 0.375. The summed E-state index contributed by atoms with van der Waals surface area (Å²) in [6.07, 6.45) is 1.60.